The molecule has 3 N–H and O–H groups in total. The third-order valence-electron chi connectivity index (χ3n) is 6.00. The lowest BCUT2D eigenvalue weighted by atomic mass is 9.95. The molecule has 4 rings (SSSR count). The summed E-state index contributed by atoms with van der Waals surface area (Å²) >= 11 is 5.72. The molecule has 1 fully saturated rings. The number of halogens is 4. The molecule has 0 spiro atoms. The van der Waals surface area contributed by atoms with Crippen LogP contribution in [0.3, 0.4) is 0 Å². The standard InChI is InChI=1S/C25H23ClF3N5O2/c1-30-19-8-15(11-31-12-19)22(35)10-24(6-7-24)23(36)33-13-17-3-4-18(14-32-17)34-21-5-2-16(26)9-20(21)25(27,28)29/h2-5,8-9,11-12,14,30,34H,6-7,10,13H2,1H3,(H,33,36). The van der Waals surface area contributed by atoms with Gasteiger partial charge in [0.05, 0.1) is 46.5 Å². The van der Waals surface area contributed by atoms with E-state index in [9.17, 15) is 22.8 Å². The van der Waals surface area contributed by atoms with Crippen LogP contribution in [0.1, 0.15) is 40.9 Å². The van der Waals surface area contributed by atoms with Crippen LogP contribution in [0.15, 0.2) is 55.0 Å². The summed E-state index contributed by atoms with van der Waals surface area (Å²) in [4.78, 5) is 33.8. The van der Waals surface area contributed by atoms with Crippen LogP contribution in [-0.2, 0) is 17.5 Å². The van der Waals surface area contributed by atoms with Gasteiger partial charge in [0.1, 0.15) is 0 Å². The fourth-order valence-corrected chi connectivity index (χ4v) is 3.92. The highest BCUT2D eigenvalue weighted by atomic mass is 35.5. The SMILES string of the molecule is CNc1cncc(C(=O)CC2(C(=O)NCc3ccc(Nc4ccc(Cl)cc4C(F)(F)F)cn3)CC2)c1. The Morgan fingerprint density at radius 3 is 2.47 bits per heavy atom. The van der Waals surface area contributed by atoms with Crippen molar-refractivity contribution in [1.82, 2.24) is 15.3 Å². The molecule has 0 saturated heterocycles. The first-order chi connectivity index (χ1) is 17.1. The number of alkyl halides is 3. The van der Waals surface area contributed by atoms with Crippen LogP contribution in [-0.4, -0.2) is 28.7 Å². The van der Waals surface area contributed by atoms with Crippen LogP contribution in [0.4, 0.5) is 30.2 Å². The maximum absolute atomic E-state index is 13.3. The van der Waals surface area contributed by atoms with E-state index in [1.54, 1.807) is 31.4 Å². The van der Waals surface area contributed by atoms with Crippen LogP contribution >= 0.6 is 11.6 Å². The normalized spacial score (nSPS) is 14.1. The summed E-state index contributed by atoms with van der Waals surface area (Å²) in [6.07, 6.45) is 1.22. The third kappa shape index (κ3) is 5.93. The van der Waals surface area contributed by atoms with Crippen LogP contribution in [0.25, 0.3) is 0 Å². The number of hydrogen-bond acceptors (Lipinski definition) is 6. The highest BCUT2D eigenvalue weighted by Gasteiger charge is 2.51. The van der Waals surface area contributed by atoms with E-state index >= 15 is 0 Å². The lowest BCUT2D eigenvalue weighted by Gasteiger charge is -2.16. The fourth-order valence-electron chi connectivity index (χ4n) is 3.75. The number of nitrogens with one attached hydrogen (secondary N) is 3. The monoisotopic (exact) mass is 517 g/mol. The minimum absolute atomic E-state index is 0.0182. The molecule has 188 valence electrons. The topological polar surface area (TPSA) is 96.0 Å². The van der Waals surface area contributed by atoms with E-state index in [1.165, 1.54) is 24.5 Å². The van der Waals surface area contributed by atoms with Gasteiger partial charge in [-0.15, -0.1) is 0 Å². The Kier molecular flexibility index (Phi) is 7.16. The molecule has 0 atom stereocenters. The van der Waals surface area contributed by atoms with Crippen molar-refractivity contribution in [1.29, 1.82) is 0 Å². The molecule has 0 radical (unpaired) electrons. The molecule has 0 unspecified atom stereocenters. The molecule has 0 aliphatic heterocycles. The van der Waals surface area contributed by atoms with Crippen LogP contribution < -0.4 is 16.0 Å². The van der Waals surface area contributed by atoms with E-state index in [-0.39, 0.29) is 35.4 Å². The number of pyridine rings is 2. The molecule has 36 heavy (non-hydrogen) atoms. The van der Waals surface area contributed by atoms with E-state index < -0.39 is 17.2 Å². The molecule has 1 aliphatic carbocycles. The smallest absolute Gasteiger partial charge is 0.387 e. The summed E-state index contributed by atoms with van der Waals surface area (Å²) in [6, 6.07) is 8.34. The Balaban J connectivity index is 1.35. The summed E-state index contributed by atoms with van der Waals surface area (Å²) in [5.74, 6) is -0.380. The van der Waals surface area contributed by atoms with Gasteiger partial charge in [0.25, 0.3) is 0 Å². The molecule has 1 saturated carbocycles. The Morgan fingerprint density at radius 2 is 1.83 bits per heavy atom. The lowest BCUT2D eigenvalue weighted by molar-refractivity contribution is -0.137. The zero-order valence-electron chi connectivity index (χ0n) is 19.2. The first-order valence-electron chi connectivity index (χ1n) is 11.1. The molecule has 7 nitrogen and oxygen atoms in total. The molecule has 2 heterocycles. The summed E-state index contributed by atoms with van der Waals surface area (Å²) in [6.45, 7) is 0.126. The predicted octanol–water partition coefficient (Wildman–Crippen LogP) is 5.60. The first kappa shape index (κ1) is 25.4. The fraction of sp³-hybridized carbons (Fsp3) is 0.280. The summed E-state index contributed by atoms with van der Waals surface area (Å²) in [5.41, 5.74) is 0.254. The number of benzene rings is 1. The first-order valence-corrected chi connectivity index (χ1v) is 11.5. The van der Waals surface area contributed by atoms with Crippen molar-refractivity contribution >= 4 is 40.4 Å². The van der Waals surface area contributed by atoms with Gasteiger partial charge in [0, 0.05) is 36.4 Å². The second kappa shape index (κ2) is 10.1. The van der Waals surface area contributed by atoms with Gasteiger partial charge in [-0.2, -0.15) is 13.2 Å². The molecule has 2 aromatic heterocycles. The molecule has 1 aromatic carbocycles. The summed E-state index contributed by atoms with van der Waals surface area (Å²) in [5, 5.41) is 8.43. The number of carbonyl (C=O) groups excluding carboxylic acids is 2. The van der Waals surface area contributed by atoms with Gasteiger partial charge in [-0.05, 0) is 49.2 Å². The van der Waals surface area contributed by atoms with Crippen molar-refractivity contribution in [3.8, 4) is 0 Å². The molecule has 1 aliphatic rings. The van der Waals surface area contributed by atoms with Crippen molar-refractivity contribution in [3.05, 3.63) is 76.8 Å². The quantitative estimate of drug-likeness (QED) is 0.320. The highest BCUT2D eigenvalue weighted by molar-refractivity contribution is 6.30. The second-order valence-corrected chi connectivity index (χ2v) is 9.06. The number of nitrogens with zero attached hydrogens (tertiary/aromatic N) is 2. The number of aromatic nitrogens is 2. The van der Waals surface area contributed by atoms with Gasteiger partial charge in [-0.25, -0.2) is 0 Å². The second-order valence-electron chi connectivity index (χ2n) is 8.63. The number of carbonyl (C=O) groups is 2. The number of hydrogen-bond donors (Lipinski definition) is 3. The minimum Gasteiger partial charge on any atom is -0.387 e. The molecule has 3 aromatic rings. The molecule has 1 amide bonds. The minimum atomic E-state index is -4.57. The number of Topliss-reactive ketones (excluding diaryl/α,β-unsaturated/α-hetero) is 1. The van der Waals surface area contributed by atoms with Crippen molar-refractivity contribution in [2.45, 2.75) is 32.0 Å². The summed E-state index contributed by atoms with van der Waals surface area (Å²) in [7, 11) is 1.73. The average Bonchev–Trinajstić information content (AvgIpc) is 3.64. The van der Waals surface area contributed by atoms with Gasteiger partial charge in [-0.3, -0.25) is 19.6 Å². The van der Waals surface area contributed by atoms with E-state index in [0.717, 1.165) is 6.07 Å². The number of amides is 1. The Labute approximate surface area is 210 Å². The number of anilines is 3. The Bertz CT molecular complexity index is 1280. The van der Waals surface area contributed by atoms with Crippen molar-refractivity contribution in [2.24, 2.45) is 5.41 Å². The van der Waals surface area contributed by atoms with Crippen LogP contribution in [0, 0.1) is 5.41 Å². The molecule has 0 bridgehead atoms. The Hall–Kier alpha value is -3.66. The lowest BCUT2D eigenvalue weighted by Crippen LogP contribution is -2.33. The van der Waals surface area contributed by atoms with Crippen LogP contribution in [0.5, 0.6) is 0 Å². The van der Waals surface area contributed by atoms with E-state index in [0.29, 0.717) is 35.5 Å². The Morgan fingerprint density at radius 1 is 1.06 bits per heavy atom. The summed E-state index contributed by atoms with van der Waals surface area (Å²) < 4.78 is 39.9. The van der Waals surface area contributed by atoms with Crippen LogP contribution in [0.2, 0.25) is 5.02 Å². The molecular weight excluding hydrogens is 495 g/mol. The maximum Gasteiger partial charge on any atom is 0.418 e. The molecule has 11 heteroatoms. The van der Waals surface area contributed by atoms with E-state index in [4.69, 9.17) is 11.6 Å². The maximum atomic E-state index is 13.3. The average molecular weight is 518 g/mol. The third-order valence-corrected chi connectivity index (χ3v) is 6.24. The van der Waals surface area contributed by atoms with Crippen molar-refractivity contribution < 1.29 is 22.8 Å². The number of ketones is 1. The zero-order valence-corrected chi connectivity index (χ0v) is 20.0. The van der Waals surface area contributed by atoms with Gasteiger partial charge < -0.3 is 16.0 Å². The molecular formula is C25H23ClF3N5O2. The van der Waals surface area contributed by atoms with Crippen molar-refractivity contribution in [3.63, 3.8) is 0 Å². The van der Waals surface area contributed by atoms with Crippen molar-refractivity contribution in [2.75, 3.05) is 17.7 Å². The van der Waals surface area contributed by atoms with E-state index in [2.05, 4.69) is 25.9 Å². The van der Waals surface area contributed by atoms with Gasteiger partial charge in [0.2, 0.25) is 5.91 Å². The largest absolute Gasteiger partial charge is 0.418 e. The predicted molar refractivity (Wildman–Crippen MR) is 130 cm³/mol. The highest BCUT2D eigenvalue weighted by Crippen LogP contribution is 2.49. The van der Waals surface area contributed by atoms with E-state index in [1.807, 2.05) is 0 Å². The zero-order chi connectivity index (χ0) is 25.9. The van der Waals surface area contributed by atoms with Gasteiger partial charge >= 0.3 is 6.18 Å². The van der Waals surface area contributed by atoms with Gasteiger partial charge in [0.15, 0.2) is 5.78 Å². The van der Waals surface area contributed by atoms with Gasteiger partial charge in [-0.1, -0.05) is 11.6 Å². The number of rotatable bonds is 9.